The lowest BCUT2D eigenvalue weighted by molar-refractivity contribution is -0.137. The second-order valence-corrected chi connectivity index (χ2v) is 7.78. The van der Waals surface area contributed by atoms with Crippen LogP contribution in [-0.4, -0.2) is 18.4 Å². The van der Waals surface area contributed by atoms with Crippen LogP contribution in [0.1, 0.15) is 17.0 Å². The highest BCUT2D eigenvalue weighted by atomic mass is 32.2. The molecule has 0 spiro atoms. The molecule has 0 unspecified atom stereocenters. The topological polar surface area (TPSA) is 81.2 Å². The Labute approximate surface area is 165 Å². The number of alkyl halides is 3. The number of nitrogens with one attached hydrogen (secondary N) is 1. The van der Waals surface area contributed by atoms with Gasteiger partial charge in [-0.2, -0.15) is 23.1 Å². The van der Waals surface area contributed by atoms with Crippen LogP contribution in [-0.2, 0) is 16.2 Å². The zero-order valence-corrected chi connectivity index (χ0v) is 16.2. The van der Waals surface area contributed by atoms with Crippen molar-refractivity contribution < 1.29 is 26.3 Å². The van der Waals surface area contributed by atoms with Gasteiger partial charge in [-0.05, 0) is 44.2 Å². The van der Waals surface area contributed by atoms with Crippen molar-refractivity contribution >= 4 is 15.7 Å². The van der Waals surface area contributed by atoms with Gasteiger partial charge in [-0.1, -0.05) is 24.3 Å². The number of benzene rings is 2. The lowest BCUT2D eigenvalue weighted by atomic mass is 10.2. The van der Waals surface area contributed by atoms with Crippen molar-refractivity contribution in [3.63, 3.8) is 0 Å². The fraction of sp³-hybridized carbons (Fsp3) is 0.158. The quantitative estimate of drug-likeness (QED) is 0.643. The van der Waals surface area contributed by atoms with Crippen LogP contribution in [0.3, 0.4) is 0 Å². The molecule has 0 atom stereocenters. The molecule has 0 saturated heterocycles. The molecule has 3 aromatic rings. The minimum absolute atomic E-state index is 0.0215. The van der Waals surface area contributed by atoms with Crippen molar-refractivity contribution in [1.82, 2.24) is 9.97 Å². The Kier molecular flexibility index (Phi) is 5.47. The monoisotopic (exact) mass is 423 g/mol. The van der Waals surface area contributed by atoms with Crippen LogP contribution >= 0.6 is 0 Å². The van der Waals surface area contributed by atoms with Crippen LogP contribution in [0.5, 0.6) is 11.8 Å². The van der Waals surface area contributed by atoms with Crippen LogP contribution in [0, 0.1) is 13.8 Å². The summed E-state index contributed by atoms with van der Waals surface area (Å²) in [6, 6.07) is 12.3. The molecule has 152 valence electrons. The molecule has 0 aliphatic carbocycles. The average Bonchev–Trinajstić information content (AvgIpc) is 2.65. The van der Waals surface area contributed by atoms with Crippen molar-refractivity contribution in [3.8, 4) is 11.8 Å². The molecule has 1 heterocycles. The van der Waals surface area contributed by atoms with E-state index in [9.17, 15) is 21.6 Å². The predicted molar refractivity (Wildman–Crippen MR) is 100 cm³/mol. The minimum Gasteiger partial charge on any atom is -0.424 e. The van der Waals surface area contributed by atoms with Crippen LogP contribution in [0.4, 0.5) is 18.9 Å². The van der Waals surface area contributed by atoms with Gasteiger partial charge in [0.25, 0.3) is 10.0 Å². The Hall–Kier alpha value is -3.14. The van der Waals surface area contributed by atoms with Gasteiger partial charge >= 0.3 is 12.2 Å². The van der Waals surface area contributed by atoms with E-state index in [1.54, 1.807) is 24.3 Å². The van der Waals surface area contributed by atoms with Gasteiger partial charge in [-0.15, -0.1) is 0 Å². The maximum absolute atomic E-state index is 12.9. The summed E-state index contributed by atoms with van der Waals surface area (Å²) in [7, 11) is -4.28. The van der Waals surface area contributed by atoms with E-state index in [4.69, 9.17) is 4.74 Å². The summed E-state index contributed by atoms with van der Waals surface area (Å²) in [5.41, 5.74) is -0.461. The van der Waals surface area contributed by atoms with Gasteiger partial charge in [0.05, 0.1) is 27.5 Å². The molecular weight excluding hydrogens is 407 g/mol. The molecule has 6 nitrogen and oxygen atoms in total. The summed E-state index contributed by atoms with van der Waals surface area (Å²) in [5, 5.41) is 0. The van der Waals surface area contributed by atoms with Gasteiger partial charge in [-0.25, -0.2) is 8.42 Å². The highest BCUT2D eigenvalue weighted by Crippen LogP contribution is 2.31. The second-order valence-electron chi connectivity index (χ2n) is 6.10. The maximum atomic E-state index is 12.9. The van der Waals surface area contributed by atoms with Crippen molar-refractivity contribution in [2.45, 2.75) is 24.9 Å². The van der Waals surface area contributed by atoms with E-state index in [0.29, 0.717) is 11.8 Å². The number of aryl methyl sites for hydroxylation is 2. The lowest BCUT2D eigenvalue weighted by Crippen LogP contribution is -2.17. The Morgan fingerprint density at radius 2 is 1.55 bits per heavy atom. The fourth-order valence-corrected chi connectivity index (χ4v) is 3.73. The molecule has 1 N–H and O–H groups in total. The third-order valence-electron chi connectivity index (χ3n) is 3.91. The first-order valence-electron chi connectivity index (χ1n) is 8.34. The summed E-state index contributed by atoms with van der Waals surface area (Å²) in [5.74, 6) is 0.503. The molecule has 3 rings (SSSR count). The summed E-state index contributed by atoms with van der Waals surface area (Å²) in [4.78, 5) is 7.73. The molecule has 2 aromatic carbocycles. The highest BCUT2D eigenvalue weighted by Gasteiger charge is 2.32. The van der Waals surface area contributed by atoms with Gasteiger partial charge < -0.3 is 4.74 Å². The first-order valence-corrected chi connectivity index (χ1v) is 9.83. The van der Waals surface area contributed by atoms with Crippen LogP contribution in [0.2, 0.25) is 0 Å². The van der Waals surface area contributed by atoms with Gasteiger partial charge in [0.2, 0.25) is 0 Å². The third kappa shape index (κ3) is 4.83. The zero-order valence-electron chi connectivity index (χ0n) is 15.4. The Bertz CT molecular complexity index is 1110. The molecule has 0 saturated carbocycles. The van der Waals surface area contributed by atoms with Crippen LogP contribution < -0.4 is 9.46 Å². The third-order valence-corrected chi connectivity index (χ3v) is 5.26. The van der Waals surface area contributed by atoms with E-state index in [0.717, 1.165) is 18.2 Å². The molecular formula is C19H16F3N3O3S. The Morgan fingerprint density at radius 1 is 0.931 bits per heavy atom. The molecule has 1 aromatic heterocycles. The minimum atomic E-state index is -4.66. The fourth-order valence-electron chi connectivity index (χ4n) is 2.51. The molecule has 29 heavy (non-hydrogen) atoms. The van der Waals surface area contributed by atoms with E-state index in [2.05, 4.69) is 14.7 Å². The summed E-state index contributed by atoms with van der Waals surface area (Å²) in [6.07, 6.45) is -4.66. The molecule has 0 amide bonds. The van der Waals surface area contributed by atoms with Crippen LogP contribution in [0.15, 0.2) is 59.5 Å². The van der Waals surface area contributed by atoms with Gasteiger partial charge in [-0.3, -0.25) is 4.72 Å². The van der Waals surface area contributed by atoms with E-state index in [1.807, 2.05) is 6.07 Å². The van der Waals surface area contributed by atoms with E-state index < -0.39 is 26.7 Å². The zero-order chi connectivity index (χ0) is 21.2. The Morgan fingerprint density at radius 3 is 2.14 bits per heavy atom. The summed E-state index contributed by atoms with van der Waals surface area (Å²) >= 11 is 0. The van der Waals surface area contributed by atoms with E-state index in [-0.39, 0.29) is 23.1 Å². The van der Waals surface area contributed by atoms with Crippen molar-refractivity contribution in [2.75, 3.05) is 4.72 Å². The normalized spacial score (nSPS) is 11.9. The smallest absolute Gasteiger partial charge is 0.416 e. The highest BCUT2D eigenvalue weighted by molar-refractivity contribution is 7.92. The number of ether oxygens (including phenoxy) is 1. The number of anilines is 1. The molecule has 0 radical (unpaired) electrons. The molecule has 0 bridgehead atoms. The number of para-hydroxylation sites is 1. The number of aromatic nitrogens is 2. The predicted octanol–water partition coefficient (Wildman–Crippen LogP) is 4.71. The maximum Gasteiger partial charge on any atom is 0.416 e. The van der Waals surface area contributed by atoms with Crippen molar-refractivity contribution in [1.29, 1.82) is 0 Å². The Balaban J connectivity index is 1.90. The van der Waals surface area contributed by atoms with Crippen LogP contribution in [0.25, 0.3) is 0 Å². The summed E-state index contributed by atoms with van der Waals surface area (Å²) in [6.45, 7) is 3.08. The number of hydrogen-bond donors (Lipinski definition) is 1. The van der Waals surface area contributed by atoms with Gasteiger partial charge in [0.1, 0.15) is 5.75 Å². The molecule has 10 heteroatoms. The SMILES string of the molecule is Cc1nc(Oc2ccccc2)nc(C)c1NS(=O)(=O)c1cccc(C(F)(F)F)c1. The standard InChI is InChI=1S/C19H16F3N3O3S/c1-12-17(13(2)24-18(23-12)28-15-8-4-3-5-9-15)25-29(26,27)16-10-6-7-14(11-16)19(20,21)22/h3-11,25H,1-2H3. The number of halogens is 3. The second kappa shape index (κ2) is 7.70. The van der Waals surface area contributed by atoms with Crippen molar-refractivity contribution in [2.24, 2.45) is 0 Å². The lowest BCUT2D eigenvalue weighted by Gasteiger charge is -2.14. The molecule has 0 aliphatic heterocycles. The van der Waals surface area contributed by atoms with Gasteiger partial charge in [0, 0.05) is 0 Å². The molecule has 0 aliphatic rings. The molecule has 0 fully saturated rings. The number of hydrogen-bond acceptors (Lipinski definition) is 5. The van der Waals surface area contributed by atoms with Gasteiger partial charge in [0.15, 0.2) is 0 Å². The average molecular weight is 423 g/mol. The van der Waals surface area contributed by atoms with Crippen molar-refractivity contribution in [3.05, 3.63) is 71.5 Å². The first kappa shape index (κ1) is 20.6. The summed E-state index contributed by atoms with van der Waals surface area (Å²) < 4.78 is 71.7. The number of rotatable bonds is 5. The largest absolute Gasteiger partial charge is 0.424 e. The first-order chi connectivity index (χ1) is 13.6. The number of sulfonamides is 1. The van der Waals surface area contributed by atoms with E-state index in [1.165, 1.54) is 13.8 Å². The number of nitrogens with zero attached hydrogens (tertiary/aromatic N) is 2. The van der Waals surface area contributed by atoms with E-state index >= 15 is 0 Å².